The number of hydrogen-bond donors (Lipinski definition) is 0. The first-order valence-electron chi connectivity index (χ1n) is 5.70. The maximum absolute atomic E-state index is 12.3. The number of carbonyl (C=O) groups is 2. The van der Waals surface area contributed by atoms with Crippen LogP contribution < -0.4 is 9.47 Å². The fourth-order valence-electron chi connectivity index (χ4n) is 1.86. The molecule has 7 heteroatoms. The molecule has 0 amide bonds. The molecule has 0 saturated heterocycles. The molecule has 0 fully saturated rings. The third kappa shape index (κ3) is 2.79. The van der Waals surface area contributed by atoms with Gasteiger partial charge in [0.1, 0.15) is 16.9 Å². The number of hydrogen-bond acceptors (Lipinski definition) is 4. The number of ether oxygens (including phenoxy) is 2. The van der Waals surface area contributed by atoms with Gasteiger partial charge in [-0.3, -0.25) is 0 Å². The zero-order valence-electron chi connectivity index (χ0n) is 10.2. The highest BCUT2D eigenvalue weighted by Gasteiger charge is 2.28. The Kier molecular flexibility index (Phi) is 4.41. The highest BCUT2D eigenvalue weighted by atomic mass is 127. The van der Waals surface area contributed by atoms with E-state index in [2.05, 4.69) is 67.8 Å². The number of carbonyl (C=O) groups excluding carboxylic acids is 2. The van der Waals surface area contributed by atoms with Crippen LogP contribution in [-0.4, -0.2) is 11.9 Å². The van der Waals surface area contributed by atoms with Gasteiger partial charge in [0.15, 0.2) is 5.75 Å². The summed E-state index contributed by atoms with van der Waals surface area (Å²) in [6, 6.07) is 8.20. The highest BCUT2D eigenvalue weighted by Crippen LogP contribution is 2.36. The standard InChI is InChI=1S/C14H5I3O4/c15-8-5-7-12(11(17)10(8)16)21-13(18)6-3-1-2-4-9(6)20-14(7)19/h1-5H. The van der Waals surface area contributed by atoms with Gasteiger partial charge in [0.05, 0.1) is 3.57 Å². The highest BCUT2D eigenvalue weighted by molar-refractivity contribution is 14.1. The molecular formula is C14H5I3O4. The van der Waals surface area contributed by atoms with Crippen molar-refractivity contribution in [3.63, 3.8) is 0 Å². The zero-order valence-corrected chi connectivity index (χ0v) is 16.6. The molecule has 0 N–H and O–H groups in total. The maximum atomic E-state index is 12.3. The molecule has 0 aromatic heterocycles. The van der Waals surface area contributed by atoms with Crippen molar-refractivity contribution in [1.29, 1.82) is 0 Å². The number of para-hydroxylation sites is 1. The van der Waals surface area contributed by atoms with Crippen LogP contribution in [0, 0.1) is 10.7 Å². The van der Waals surface area contributed by atoms with Crippen molar-refractivity contribution in [3.05, 3.63) is 52.2 Å². The SMILES string of the molecule is O=C1Oc2c(cc(I)c(I)c2I)C(=O)Oc2ccccc21. The molecule has 0 aliphatic carbocycles. The van der Waals surface area contributed by atoms with Crippen molar-refractivity contribution in [2.75, 3.05) is 0 Å². The van der Waals surface area contributed by atoms with Gasteiger partial charge in [0.2, 0.25) is 0 Å². The Morgan fingerprint density at radius 1 is 0.810 bits per heavy atom. The molecule has 4 nitrogen and oxygen atoms in total. The first-order chi connectivity index (χ1) is 9.99. The van der Waals surface area contributed by atoms with Gasteiger partial charge in [-0.1, -0.05) is 12.1 Å². The summed E-state index contributed by atoms with van der Waals surface area (Å²) >= 11 is 6.35. The van der Waals surface area contributed by atoms with Gasteiger partial charge in [-0.15, -0.1) is 0 Å². The summed E-state index contributed by atoms with van der Waals surface area (Å²) in [5.41, 5.74) is 0.493. The van der Waals surface area contributed by atoms with Crippen molar-refractivity contribution in [2.45, 2.75) is 0 Å². The molecule has 3 rings (SSSR count). The summed E-state index contributed by atoms with van der Waals surface area (Å²) < 4.78 is 13.3. The van der Waals surface area contributed by atoms with E-state index in [1.54, 1.807) is 30.3 Å². The van der Waals surface area contributed by atoms with Crippen LogP contribution in [0.2, 0.25) is 0 Å². The third-order valence-electron chi connectivity index (χ3n) is 2.84. The lowest BCUT2D eigenvalue weighted by Crippen LogP contribution is -2.21. The summed E-state index contributed by atoms with van der Waals surface area (Å²) in [4.78, 5) is 24.6. The van der Waals surface area contributed by atoms with Crippen LogP contribution >= 0.6 is 67.8 Å². The number of esters is 2. The number of rotatable bonds is 0. The minimum atomic E-state index is -0.533. The van der Waals surface area contributed by atoms with Crippen LogP contribution in [-0.2, 0) is 0 Å². The summed E-state index contributed by atoms with van der Waals surface area (Å²) in [6.45, 7) is 0. The van der Waals surface area contributed by atoms with E-state index in [1.807, 2.05) is 0 Å². The molecule has 0 bridgehead atoms. The molecule has 0 radical (unpaired) electrons. The molecular weight excluding hydrogens is 613 g/mol. The third-order valence-corrected chi connectivity index (χ3v) is 7.91. The van der Waals surface area contributed by atoms with E-state index in [-0.39, 0.29) is 22.6 Å². The Morgan fingerprint density at radius 3 is 2.24 bits per heavy atom. The normalized spacial score (nSPS) is 13.5. The molecule has 106 valence electrons. The molecule has 0 saturated carbocycles. The van der Waals surface area contributed by atoms with Gasteiger partial charge in [0, 0.05) is 7.14 Å². The van der Waals surface area contributed by atoms with E-state index in [4.69, 9.17) is 9.47 Å². The Balaban J connectivity index is 2.22. The molecule has 2 aromatic rings. The maximum Gasteiger partial charge on any atom is 0.347 e. The Morgan fingerprint density at radius 2 is 1.48 bits per heavy atom. The molecule has 0 atom stereocenters. The smallest absolute Gasteiger partial charge is 0.347 e. The van der Waals surface area contributed by atoms with E-state index in [1.165, 1.54) is 0 Å². The minimum absolute atomic E-state index is 0.210. The second-order valence-corrected chi connectivity index (χ2v) is 7.46. The molecule has 1 heterocycles. The minimum Gasteiger partial charge on any atom is -0.422 e. The lowest BCUT2D eigenvalue weighted by molar-refractivity contribution is 0.0667. The predicted octanol–water partition coefficient (Wildman–Crippen LogP) is 4.25. The van der Waals surface area contributed by atoms with Crippen molar-refractivity contribution in [2.24, 2.45) is 0 Å². The number of fused-ring (bicyclic) bond motifs is 2. The summed E-state index contributed by atoms with van der Waals surface area (Å²) in [5, 5.41) is 0. The Hall–Kier alpha value is -0.430. The zero-order chi connectivity index (χ0) is 15.1. The van der Waals surface area contributed by atoms with E-state index >= 15 is 0 Å². The van der Waals surface area contributed by atoms with Crippen LogP contribution in [0.1, 0.15) is 20.7 Å². The van der Waals surface area contributed by atoms with Crippen LogP contribution in [0.3, 0.4) is 0 Å². The van der Waals surface area contributed by atoms with Crippen LogP contribution in [0.4, 0.5) is 0 Å². The first kappa shape index (κ1) is 15.5. The van der Waals surface area contributed by atoms with Crippen LogP contribution in [0.15, 0.2) is 30.3 Å². The van der Waals surface area contributed by atoms with Gasteiger partial charge in [-0.05, 0) is 86.0 Å². The van der Waals surface area contributed by atoms with Gasteiger partial charge in [0.25, 0.3) is 0 Å². The van der Waals surface area contributed by atoms with Crippen LogP contribution in [0.5, 0.6) is 11.5 Å². The van der Waals surface area contributed by atoms with E-state index in [0.717, 1.165) is 10.7 Å². The summed E-state index contributed by atoms with van der Waals surface area (Å²) in [7, 11) is 0. The largest absolute Gasteiger partial charge is 0.422 e. The van der Waals surface area contributed by atoms with Crippen molar-refractivity contribution in [1.82, 2.24) is 0 Å². The topological polar surface area (TPSA) is 52.6 Å². The fraction of sp³-hybridized carbons (Fsp3) is 0. The molecule has 1 aliphatic heterocycles. The summed E-state index contributed by atoms with van der Waals surface area (Å²) in [5.74, 6) is -0.599. The van der Waals surface area contributed by atoms with E-state index in [9.17, 15) is 9.59 Å². The van der Waals surface area contributed by atoms with E-state index < -0.39 is 11.9 Å². The quantitative estimate of drug-likeness (QED) is 0.192. The van der Waals surface area contributed by atoms with Gasteiger partial charge < -0.3 is 9.47 Å². The average molecular weight is 618 g/mol. The molecule has 0 unspecified atom stereocenters. The fourth-order valence-corrected chi connectivity index (χ4v) is 4.05. The van der Waals surface area contributed by atoms with Gasteiger partial charge >= 0.3 is 11.9 Å². The molecule has 1 aliphatic rings. The lowest BCUT2D eigenvalue weighted by Gasteiger charge is -2.18. The Labute approximate surface area is 161 Å². The lowest BCUT2D eigenvalue weighted by atomic mass is 10.1. The van der Waals surface area contributed by atoms with Crippen molar-refractivity contribution >= 4 is 79.7 Å². The van der Waals surface area contributed by atoms with Crippen LogP contribution in [0.25, 0.3) is 0 Å². The molecule has 21 heavy (non-hydrogen) atoms. The predicted molar refractivity (Wildman–Crippen MR) is 101 cm³/mol. The monoisotopic (exact) mass is 618 g/mol. The van der Waals surface area contributed by atoms with Crippen molar-refractivity contribution in [3.8, 4) is 11.5 Å². The van der Waals surface area contributed by atoms with E-state index in [0.29, 0.717) is 0 Å². The molecule has 0 spiro atoms. The number of halogens is 3. The van der Waals surface area contributed by atoms with Gasteiger partial charge in [-0.25, -0.2) is 9.59 Å². The Bertz CT molecular complexity index is 786. The van der Waals surface area contributed by atoms with Crippen molar-refractivity contribution < 1.29 is 19.1 Å². The second-order valence-electron chi connectivity index (χ2n) is 4.14. The summed E-state index contributed by atoms with van der Waals surface area (Å²) in [6.07, 6.45) is 0. The van der Waals surface area contributed by atoms with Gasteiger partial charge in [-0.2, -0.15) is 0 Å². The molecule has 2 aromatic carbocycles. The first-order valence-corrected chi connectivity index (χ1v) is 8.93. The number of benzene rings is 2. The second kappa shape index (κ2) is 5.99. The average Bonchev–Trinajstić information content (AvgIpc) is 2.46.